The first-order valence-corrected chi connectivity index (χ1v) is 16.7. The molecule has 7 rings (SSSR count). The standard InChI is InChI=1S/C45H44N2/c1-29-9-13-34(14-10-29)35-15-17-36(18-16-35)47(44-24-12-31(3)26-33(44)5)38-20-22-42-40(28-38)39-27-37(19-21-41(39)45(42,6)7)46(8)43-23-11-30(2)25-32(43)4/h9-28H,1-8H3. The van der Waals surface area contributed by atoms with Gasteiger partial charge in [-0.3, -0.25) is 0 Å². The summed E-state index contributed by atoms with van der Waals surface area (Å²) in [5.74, 6) is 0. The highest BCUT2D eigenvalue weighted by molar-refractivity contribution is 5.89. The molecule has 0 spiro atoms. The topological polar surface area (TPSA) is 6.48 Å². The second-order valence-corrected chi connectivity index (χ2v) is 14.0. The summed E-state index contributed by atoms with van der Waals surface area (Å²) < 4.78 is 0. The SMILES string of the molecule is Cc1ccc(-c2ccc(N(c3ccc4c(c3)-c3cc(N(C)c5ccc(C)cc5C)ccc3C4(C)C)c3ccc(C)cc3C)cc2)cc1. The second kappa shape index (κ2) is 11.6. The predicted octanol–water partition coefficient (Wildman–Crippen LogP) is 12.4. The lowest BCUT2D eigenvalue weighted by Gasteiger charge is -2.28. The normalized spacial score (nSPS) is 12.9. The van der Waals surface area contributed by atoms with Gasteiger partial charge in [0.2, 0.25) is 0 Å². The van der Waals surface area contributed by atoms with Gasteiger partial charge in [0.15, 0.2) is 0 Å². The van der Waals surface area contributed by atoms with E-state index < -0.39 is 0 Å². The molecular weight excluding hydrogens is 569 g/mol. The van der Waals surface area contributed by atoms with Gasteiger partial charge in [-0.05, 0) is 128 Å². The lowest BCUT2D eigenvalue weighted by molar-refractivity contribution is 0.660. The molecule has 0 amide bonds. The third-order valence-corrected chi connectivity index (χ3v) is 10.1. The highest BCUT2D eigenvalue weighted by Crippen LogP contribution is 2.52. The quantitative estimate of drug-likeness (QED) is 0.185. The third kappa shape index (κ3) is 5.42. The first-order chi connectivity index (χ1) is 22.5. The Labute approximate surface area is 281 Å². The first kappa shape index (κ1) is 30.6. The van der Waals surface area contributed by atoms with Crippen LogP contribution in [0.25, 0.3) is 22.3 Å². The fraction of sp³-hybridized carbons (Fsp3) is 0.200. The molecule has 0 unspecified atom stereocenters. The summed E-state index contributed by atoms with van der Waals surface area (Å²) in [5, 5.41) is 0. The number of hydrogen-bond acceptors (Lipinski definition) is 2. The summed E-state index contributed by atoms with van der Waals surface area (Å²) in [7, 11) is 2.18. The highest BCUT2D eigenvalue weighted by atomic mass is 15.1. The Balaban J connectivity index is 1.35. The van der Waals surface area contributed by atoms with E-state index in [-0.39, 0.29) is 5.41 Å². The van der Waals surface area contributed by atoms with Crippen molar-refractivity contribution >= 4 is 28.4 Å². The molecule has 2 nitrogen and oxygen atoms in total. The Hall–Kier alpha value is -5.08. The van der Waals surface area contributed by atoms with E-state index in [0.29, 0.717) is 0 Å². The Bertz CT molecular complexity index is 2120. The van der Waals surface area contributed by atoms with Crippen LogP contribution in [0, 0.1) is 34.6 Å². The summed E-state index contributed by atoms with van der Waals surface area (Å²) in [6.07, 6.45) is 0. The van der Waals surface area contributed by atoms with E-state index in [1.165, 1.54) is 78.3 Å². The molecule has 6 aromatic rings. The van der Waals surface area contributed by atoms with Gasteiger partial charge in [0.25, 0.3) is 0 Å². The van der Waals surface area contributed by atoms with E-state index in [2.05, 4.69) is 187 Å². The minimum Gasteiger partial charge on any atom is -0.344 e. The van der Waals surface area contributed by atoms with E-state index in [1.807, 2.05) is 0 Å². The lowest BCUT2D eigenvalue weighted by atomic mass is 9.82. The van der Waals surface area contributed by atoms with Gasteiger partial charge in [-0.1, -0.05) is 103 Å². The summed E-state index contributed by atoms with van der Waals surface area (Å²) in [6.45, 7) is 15.6. The smallest absolute Gasteiger partial charge is 0.0490 e. The van der Waals surface area contributed by atoms with Crippen LogP contribution in [0.4, 0.5) is 28.4 Å². The third-order valence-electron chi connectivity index (χ3n) is 10.1. The molecule has 0 N–H and O–H groups in total. The summed E-state index contributed by atoms with van der Waals surface area (Å²) in [4.78, 5) is 4.74. The van der Waals surface area contributed by atoms with Gasteiger partial charge in [-0.2, -0.15) is 0 Å². The molecule has 47 heavy (non-hydrogen) atoms. The van der Waals surface area contributed by atoms with Crippen LogP contribution in [0.2, 0.25) is 0 Å². The largest absolute Gasteiger partial charge is 0.344 e. The predicted molar refractivity (Wildman–Crippen MR) is 202 cm³/mol. The molecule has 0 saturated carbocycles. The Kier molecular flexibility index (Phi) is 7.56. The van der Waals surface area contributed by atoms with Crippen molar-refractivity contribution in [3.8, 4) is 22.3 Å². The zero-order valence-electron chi connectivity index (χ0n) is 28.9. The molecule has 0 heterocycles. The molecular formula is C45H44N2. The first-order valence-electron chi connectivity index (χ1n) is 16.7. The minimum absolute atomic E-state index is 0.0830. The van der Waals surface area contributed by atoms with Crippen LogP contribution in [0.5, 0.6) is 0 Å². The van der Waals surface area contributed by atoms with Gasteiger partial charge in [0.05, 0.1) is 0 Å². The molecule has 0 bridgehead atoms. The van der Waals surface area contributed by atoms with Crippen LogP contribution < -0.4 is 9.80 Å². The van der Waals surface area contributed by atoms with Crippen molar-refractivity contribution < 1.29 is 0 Å². The van der Waals surface area contributed by atoms with Crippen LogP contribution in [0.3, 0.4) is 0 Å². The fourth-order valence-electron chi connectivity index (χ4n) is 7.45. The molecule has 0 radical (unpaired) electrons. The van der Waals surface area contributed by atoms with Crippen LogP contribution in [-0.2, 0) is 5.41 Å². The zero-order valence-corrected chi connectivity index (χ0v) is 28.9. The van der Waals surface area contributed by atoms with Crippen molar-refractivity contribution in [2.24, 2.45) is 0 Å². The Morgan fingerprint density at radius 2 is 0.872 bits per heavy atom. The average Bonchev–Trinajstić information content (AvgIpc) is 3.28. The molecule has 0 fully saturated rings. The fourth-order valence-corrected chi connectivity index (χ4v) is 7.45. The molecule has 1 aliphatic rings. The maximum atomic E-state index is 2.42. The number of anilines is 5. The van der Waals surface area contributed by atoms with Gasteiger partial charge < -0.3 is 9.80 Å². The number of rotatable bonds is 6. The van der Waals surface area contributed by atoms with Gasteiger partial charge in [0.1, 0.15) is 0 Å². The van der Waals surface area contributed by atoms with Crippen LogP contribution in [0.1, 0.15) is 52.8 Å². The van der Waals surface area contributed by atoms with E-state index in [4.69, 9.17) is 0 Å². The summed E-state index contributed by atoms with van der Waals surface area (Å²) in [6, 6.07) is 45.4. The molecule has 0 atom stereocenters. The van der Waals surface area contributed by atoms with Crippen LogP contribution in [0.15, 0.2) is 121 Å². The molecule has 0 aliphatic heterocycles. The molecule has 6 aromatic carbocycles. The van der Waals surface area contributed by atoms with Crippen molar-refractivity contribution in [3.05, 3.63) is 160 Å². The van der Waals surface area contributed by atoms with Crippen LogP contribution in [-0.4, -0.2) is 7.05 Å². The minimum atomic E-state index is -0.0830. The summed E-state index contributed by atoms with van der Waals surface area (Å²) in [5.41, 5.74) is 20.1. The highest BCUT2D eigenvalue weighted by Gasteiger charge is 2.36. The van der Waals surface area contributed by atoms with E-state index in [0.717, 1.165) is 11.4 Å². The van der Waals surface area contributed by atoms with E-state index >= 15 is 0 Å². The second-order valence-electron chi connectivity index (χ2n) is 14.0. The van der Waals surface area contributed by atoms with Crippen molar-refractivity contribution in [3.63, 3.8) is 0 Å². The lowest BCUT2D eigenvalue weighted by Crippen LogP contribution is -2.16. The van der Waals surface area contributed by atoms with Crippen molar-refractivity contribution in [2.45, 2.75) is 53.9 Å². The molecule has 0 aromatic heterocycles. The molecule has 2 heteroatoms. The van der Waals surface area contributed by atoms with Crippen molar-refractivity contribution in [1.82, 2.24) is 0 Å². The number of hydrogen-bond donors (Lipinski definition) is 0. The van der Waals surface area contributed by atoms with Crippen LogP contribution >= 0.6 is 0 Å². The Morgan fingerprint density at radius 1 is 0.426 bits per heavy atom. The maximum Gasteiger partial charge on any atom is 0.0490 e. The zero-order chi connectivity index (χ0) is 33.0. The molecule has 1 aliphatic carbocycles. The van der Waals surface area contributed by atoms with Gasteiger partial charge in [0, 0.05) is 40.9 Å². The molecule has 234 valence electrons. The summed E-state index contributed by atoms with van der Waals surface area (Å²) >= 11 is 0. The van der Waals surface area contributed by atoms with Gasteiger partial charge in [-0.25, -0.2) is 0 Å². The number of fused-ring (bicyclic) bond motifs is 3. The van der Waals surface area contributed by atoms with Gasteiger partial charge >= 0.3 is 0 Å². The molecule has 0 saturated heterocycles. The number of aryl methyl sites for hydroxylation is 5. The van der Waals surface area contributed by atoms with E-state index in [1.54, 1.807) is 0 Å². The maximum absolute atomic E-state index is 2.42. The van der Waals surface area contributed by atoms with Gasteiger partial charge in [-0.15, -0.1) is 0 Å². The monoisotopic (exact) mass is 612 g/mol. The number of nitrogens with zero attached hydrogens (tertiary/aromatic N) is 2. The van der Waals surface area contributed by atoms with Crippen molar-refractivity contribution in [1.29, 1.82) is 0 Å². The van der Waals surface area contributed by atoms with Crippen molar-refractivity contribution in [2.75, 3.05) is 16.8 Å². The average molecular weight is 613 g/mol. The number of benzene rings is 6. The van der Waals surface area contributed by atoms with E-state index in [9.17, 15) is 0 Å². The Morgan fingerprint density at radius 3 is 1.43 bits per heavy atom.